The molecular formula is C20H21FN2O3. The maximum atomic E-state index is 13.5. The number of hydrogen-bond donors (Lipinski definition) is 1. The van der Waals surface area contributed by atoms with Crippen molar-refractivity contribution in [3.05, 3.63) is 71.0 Å². The van der Waals surface area contributed by atoms with Crippen LogP contribution in [0.5, 0.6) is 0 Å². The predicted octanol–water partition coefficient (Wildman–Crippen LogP) is 2.33. The molecule has 5 nitrogen and oxygen atoms in total. The number of halogens is 1. The van der Waals surface area contributed by atoms with Gasteiger partial charge in [-0.3, -0.25) is 4.79 Å². The maximum absolute atomic E-state index is 13.5. The third-order valence-corrected chi connectivity index (χ3v) is 4.51. The van der Waals surface area contributed by atoms with E-state index in [-0.39, 0.29) is 24.3 Å². The van der Waals surface area contributed by atoms with Crippen LogP contribution in [0.25, 0.3) is 0 Å². The zero-order valence-corrected chi connectivity index (χ0v) is 14.7. The first-order chi connectivity index (χ1) is 12.5. The van der Waals surface area contributed by atoms with Gasteiger partial charge in [0.2, 0.25) is 0 Å². The fourth-order valence-corrected chi connectivity index (χ4v) is 3.10. The van der Waals surface area contributed by atoms with E-state index in [0.717, 1.165) is 11.1 Å². The third kappa shape index (κ3) is 3.91. The molecule has 2 aromatic rings. The van der Waals surface area contributed by atoms with Crippen molar-refractivity contribution in [3.63, 3.8) is 0 Å². The first kappa shape index (κ1) is 18.1. The van der Waals surface area contributed by atoms with Crippen LogP contribution in [0.1, 0.15) is 27.5 Å². The van der Waals surface area contributed by atoms with Gasteiger partial charge in [0.05, 0.1) is 11.6 Å². The van der Waals surface area contributed by atoms with Gasteiger partial charge in [-0.25, -0.2) is 9.18 Å². The van der Waals surface area contributed by atoms with Gasteiger partial charge in [0.1, 0.15) is 5.82 Å². The summed E-state index contributed by atoms with van der Waals surface area (Å²) in [6.45, 7) is 0.283. The van der Waals surface area contributed by atoms with Gasteiger partial charge in [-0.1, -0.05) is 30.3 Å². The lowest BCUT2D eigenvalue weighted by molar-refractivity contribution is -0.130. The van der Waals surface area contributed by atoms with E-state index >= 15 is 0 Å². The number of fused-ring (bicyclic) bond motifs is 1. The first-order valence-corrected chi connectivity index (χ1v) is 8.44. The number of rotatable bonds is 5. The van der Waals surface area contributed by atoms with Crippen molar-refractivity contribution in [3.8, 4) is 0 Å². The summed E-state index contributed by atoms with van der Waals surface area (Å²) in [5.74, 6) is -1.16. The Morgan fingerprint density at radius 2 is 2.04 bits per heavy atom. The van der Waals surface area contributed by atoms with Gasteiger partial charge >= 0.3 is 5.97 Å². The number of nitrogens with zero attached hydrogens (tertiary/aromatic N) is 1. The summed E-state index contributed by atoms with van der Waals surface area (Å²) in [4.78, 5) is 26.5. The highest BCUT2D eigenvalue weighted by molar-refractivity contribution is 5.95. The second kappa shape index (κ2) is 7.66. The Labute approximate surface area is 151 Å². The molecule has 0 spiro atoms. The molecule has 2 aromatic carbocycles. The molecule has 1 amide bonds. The molecule has 0 aromatic heterocycles. The number of esters is 1. The molecule has 6 heteroatoms. The molecule has 136 valence electrons. The standard InChI is InChI=1S/C20H21FN2O3/c1-23(2)17(14-7-5-8-15(21)10-14)12-22-19(24)18-11-13-6-3-4-9-16(13)20(25)26-18/h3-10,17-18H,11-12H2,1-2H3,(H,22,24)/t17-,18+/m1/s1. The second-order valence-electron chi connectivity index (χ2n) is 6.53. The summed E-state index contributed by atoms with van der Waals surface area (Å²) in [6, 6.07) is 13.2. The topological polar surface area (TPSA) is 58.6 Å². The average molecular weight is 356 g/mol. The molecular weight excluding hydrogens is 335 g/mol. The molecule has 0 saturated heterocycles. The van der Waals surface area contributed by atoms with Gasteiger partial charge in [-0.2, -0.15) is 0 Å². The number of nitrogens with one attached hydrogen (secondary N) is 1. The van der Waals surface area contributed by atoms with Crippen molar-refractivity contribution in [1.82, 2.24) is 10.2 Å². The van der Waals surface area contributed by atoms with Gasteiger partial charge < -0.3 is 15.0 Å². The summed E-state index contributed by atoms with van der Waals surface area (Å²) in [5.41, 5.74) is 2.07. The number of carbonyl (C=O) groups excluding carboxylic acids is 2. The van der Waals surface area contributed by atoms with Crippen LogP contribution in [0.15, 0.2) is 48.5 Å². The molecule has 1 heterocycles. The van der Waals surface area contributed by atoms with Crippen LogP contribution in [-0.2, 0) is 16.0 Å². The van der Waals surface area contributed by atoms with Crippen molar-refractivity contribution in [1.29, 1.82) is 0 Å². The molecule has 1 aliphatic rings. The highest BCUT2D eigenvalue weighted by Gasteiger charge is 2.31. The fourth-order valence-electron chi connectivity index (χ4n) is 3.10. The van der Waals surface area contributed by atoms with E-state index in [0.29, 0.717) is 12.0 Å². The van der Waals surface area contributed by atoms with E-state index in [1.54, 1.807) is 18.2 Å². The Bertz CT molecular complexity index is 822. The molecule has 0 fully saturated rings. The molecule has 26 heavy (non-hydrogen) atoms. The molecule has 0 radical (unpaired) electrons. The van der Waals surface area contributed by atoms with Gasteiger partial charge in [0, 0.05) is 13.0 Å². The highest BCUT2D eigenvalue weighted by atomic mass is 19.1. The number of likely N-dealkylation sites (N-methyl/N-ethyl adjacent to an activating group) is 1. The van der Waals surface area contributed by atoms with Crippen molar-refractivity contribution in [2.75, 3.05) is 20.6 Å². The largest absolute Gasteiger partial charge is 0.448 e. The van der Waals surface area contributed by atoms with Crippen LogP contribution in [0.2, 0.25) is 0 Å². The lowest BCUT2D eigenvalue weighted by Gasteiger charge is -2.27. The quantitative estimate of drug-likeness (QED) is 0.836. The number of cyclic esters (lactones) is 1. The van der Waals surface area contributed by atoms with Crippen LogP contribution >= 0.6 is 0 Å². The summed E-state index contributed by atoms with van der Waals surface area (Å²) in [7, 11) is 3.72. The van der Waals surface area contributed by atoms with E-state index < -0.39 is 12.1 Å². The minimum Gasteiger partial charge on any atom is -0.448 e. The third-order valence-electron chi connectivity index (χ3n) is 4.51. The molecule has 2 atom stereocenters. The van der Waals surface area contributed by atoms with E-state index in [1.165, 1.54) is 12.1 Å². The Hall–Kier alpha value is -2.73. The smallest absolute Gasteiger partial charge is 0.339 e. The predicted molar refractivity (Wildman–Crippen MR) is 95.2 cm³/mol. The molecule has 0 unspecified atom stereocenters. The average Bonchev–Trinajstić information content (AvgIpc) is 2.61. The molecule has 0 saturated carbocycles. The zero-order chi connectivity index (χ0) is 18.7. The molecule has 0 aliphatic carbocycles. The van der Waals surface area contributed by atoms with Crippen LogP contribution in [-0.4, -0.2) is 43.5 Å². The Morgan fingerprint density at radius 3 is 2.77 bits per heavy atom. The van der Waals surface area contributed by atoms with E-state index in [9.17, 15) is 14.0 Å². The molecule has 1 N–H and O–H groups in total. The molecule has 1 aliphatic heterocycles. The number of hydrogen-bond acceptors (Lipinski definition) is 4. The monoisotopic (exact) mass is 356 g/mol. The Kier molecular flexibility index (Phi) is 5.32. The Morgan fingerprint density at radius 1 is 1.27 bits per heavy atom. The zero-order valence-electron chi connectivity index (χ0n) is 14.7. The van der Waals surface area contributed by atoms with E-state index in [4.69, 9.17) is 4.74 Å². The minimum absolute atomic E-state index is 0.193. The molecule has 0 bridgehead atoms. The van der Waals surface area contributed by atoms with E-state index in [2.05, 4.69) is 5.32 Å². The lowest BCUT2D eigenvalue weighted by atomic mass is 9.98. The van der Waals surface area contributed by atoms with Gasteiger partial charge in [0.25, 0.3) is 5.91 Å². The van der Waals surface area contributed by atoms with Gasteiger partial charge in [-0.05, 0) is 43.4 Å². The number of benzene rings is 2. The minimum atomic E-state index is -0.854. The summed E-state index contributed by atoms with van der Waals surface area (Å²) in [6.07, 6.45) is -0.506. The highest BCUT2D eigenvalue weighted by Crippen LogP contribution is 2.21. The van der Waals surface area contributed by atoms with Crippen molar-refractivity contribution in [2.24, 2.45) is 0 Å². The van der Waals surface area contributed by atoms with Gasteiger partial charge in [-0.15, -0.1) is 0 Å². The normalized spacial score (nSPS) is 17.4. The van der Waals surface area contributed by atoms with Crippen LogP contribution in [0, 0.1) is 5.82 Å². The summed E-state index contributed by atoms with van der Waals surface area (Å²) < 4.78 is 18.8. The van der Waals surface area contributed by atoms with E-state index in [1.807, 2.05) is 37.2 Å². The van der Waals surface area contributed by atoms with Gasteiger partial charge in [0.15, 0.2) is 6.10 Å². The number of amides is 1. The number of carbonyl (C=O) groups is 2. The van der Waals surface area contributed by atoms with Crippen molar-refractivity contribution < 1.29 is 18.7 Å². The van der Waals surface area contributed by atoms with Crippen LogP contribution in [0.3, 0.4) is 0 Å². The lowest BCUT2D eigenvalue weighted by Crippen LogP contribution is -2.44. The summed E-state index contributed by atoms with van der Waals surface area (Å²) in [5, 5.41) is 2.82. The Balaban J connectivity index is 1.67. The fraction of sp³-hybridized carbons (Fsp3) is 0.300. The maximum Gasteiger partial charge on any atom is 0.339 e. The summed E-state index contributed by atoms with van der Waals surface area (Å²) >= 11 is 0. The van der Waals surface area contributed by atoms with Crippen LogP contribution < -0.4 is 5.32 Å². The second-order valence-corrected chi connectivity index (χ2v) is 6.53. The van der Waals surface area contributed by atoms with Crippen molar-refractivity contribution >= 4 is 11.9 Å². The number of ether oxygens (including phenoxy) is 1. The van der Waals surface area contributed by atoms with Crippen molar-refractivity contribution in [2.45, 2.75) is 18.6 Å². The van der Waals surface area contributed by atoms with Crippen LogP contribution in [0.4, 0.5) is 4.39 Å². The SMILES string of the molecule is CN(C)[C@H](CNC(=O)[C@@H]1Cc2ccccc2C(=O)O1)c1cccc(F)c1. The first-order valence-electron chi connectivity index (χ1n) is 8.44. The molecule has 3 rings (SSSR count).